The van der Waals surface area contributed by atoms with E-state index in [0.29, 0.717) is 11.6 Å². The topological polar surface area (TPSA) is 112 Å². The van der Waals surface area contributed by atoms with Crippen LogP contribution in [0.15, 0.2) is 48.8 Å². The van der Waals surface area contributed by atoms with Crippen LogP contribution in [0, 0.1) is 6.92 Å². The van der Waals surface area contributed by atoms with E-state index in [-0.39, 0.29) is 6.17 Å². The van der Waals surface area contributed by atoms with Crippen LogP contribution >= 0.6 is 11.6 Å². The molecule has 0 aliphatic carbocycles. The summed E-state index contributed by atoms with van der Waals surface area (Å²) in [6.45, 7) is 6.37. The maximum atomic E-state index is 6.54. The van der Waals surface area contributed by atoms with Crippen LogP contribution in [0.3, 0.4) is 0 Å². The number of nitrogens with zero attached hydrogens (tertiary/aromatic N) is 3. The summed E-state index contributed by atoms with van der Waals surface area (Å²) in [5.41, 5.74) is 18.1. The van der Waals surface area contributed by atoms with E-state index in [1.807, 2.05) is 18.2 Å². The number of methoxy groups -OCH3 is 1. The first-order chi connectivity index (χ1) is 17.6. The second-order valence-electron chi connectivity index (χ2n) is 8.47. The fourth-order valence-corrected chi connectivity index (χ4v) is 4.80. The van der Waals surface area contributed by atoms with E-state index in [2.05, 4.69) is 85.2 Å². The van der Waals surface area contributed by atoms with Crippen molar-refractivity contribution in [3.63, 3.8) is 0 Å². The molecule has 0 saturated carbocycles. The summed E-state index contributed by atoms with van der Waals surface area (Å²) in [6, 6.07) is 14.1. The summed E-state index contributed by atoms with van der Waals surface area (Å²) in [4.78, 5) is 8.93. The summed E-state index contributed by atoms with van der Waals surface area (Å²) in [7, 11) is 1.68. The lowest BCUT2D eigenvalue weighted by Gasteiger charge is -2.17. The number of benzene rings is 2. The van der Waals surface area contributed by atoms with Gasteiger partial charge in [0.15, 0.2) is 0 Å². The van der Waals surface area contributed by atoms with E-state index in [1.165, 1.54) is 0 Å². The van der Waals surface area contributed by atoms with E-state index in [1.54, 1.807) is 13.4 Å². The molecule has 5 rings (SSSR count). The van der Waals surface area contributed by atoms with E-state index in [4.69, 9.17) is 16.3 Å². The van der Waals surface area contributed by atoms with Gasteiger partial charge in [-0.1, -0.05) is 23.7 Å². The van der Waals surface area contributed by atoms with Gasteiger partial charge < -0.3 is 19.9 Å². The summed E-state index contributed by atoms with van der Waals surface area (Å²) in [5, 5.41) is 8.60. The first-order valence-electron chi connectivity index (χ1n) is 11.9. The monoisotopic (exact) mass is 507 g/mol. The molecule has 188 valence electrons. The maximum absolute atomic E-state index is 6.54. The normalized spacial score (nSPS) is 13.9. The molecule has 6 N–H and O–H groups in total. The zero-order valence-corrected chi connectivity index (χ0v) is 21.2. The Hall–Kier alpha value is -3.41. The molecule has 1 fully saturated rings. The zero-order valence-electron chi connectivity index (χ0n) is 20.4. The lowest BCUT2D eigenvalue weighted by Crippen LogP contribution is -2.33. The number of rotatable bonds is 9. The molecule has 0 radical (unpaired) electrons. The predicted molar refractivity (Wildman–Crippen MR) is 144 cm³/mol. The third kappa shape index (κ3) is 4.81. The highest BCUT2D eigenvalue weighted by Gasteiger charge is 2.19. The number of hydrogen-bond acceptors (Lipinski definition) is 9. The smallest absolute Gasteiger partial charge is 0.130 e. The molecule has 0 atom stereocenters. The first-order valence-corrected chi connectivity index (χ1v) is 12.2. The third-order valence-corrected chi connectivity index (χ3v) is 6.53. The maximum Gasteiger partial charge on any atom is 0.130 e. The molecule has 2 aromatic carbocycles. The van der Waals surface area contributed by atoms with Crippen molar-refractivity contribution in [1.29, 1.82) is 0 Å². The van der Waals surface area contributed by atoms with Gasteiger partial charge in [-0.25, -0.2) is 20.8 Å². The predicted octanol–water partition coefficient (Wildman–Crippen LogP) is 3.73. The van der Waals surface area contributed by atoms with Crippen LogP contribution in [-0.4, -0.2) is 34.7 Å². The van der Waals surface area contributed by atoms with Gasteiger partial charge >= 0.3 is 0 Å². The van der Waals surface area contributed by atoms with Crippen LogP contribution in [-0.2, 0) is 6.54 Å². The van der Waals surface area contributed by atoms with E-state index < -0.39 is 0 Å². The Labute approximate surface area is 214 Å². The SMILES string of the molecule is CCNc1cc(-c2cc(NCCn3c(C)cc4c(OC)ccc(Cl)c43)ncn2)ccc1C1NNNN1. The summed E-state index contributed by atoms with van der Waals surface area (Å²) in [5.74, 6) is 1.58. The highest BCUT2D eigenvalue weighted by Crippen LogP contribution is 2.34. The number of ether oxygens (including phenoxy) is 1. The van der Waals surface area contributed by atoms with Crippen molar-refractivity contribution in [2.24, 2.45) is 0 Å². The standard InChI is InChI=1S/C25H30ClN9O/c1-4-27-21-12-16(5-6-17(21)25-31-33-34-32-25)20-13-23(30-14-29-20)28-9-10-35-15(2)11-18-22(36-3)8-7-19(26)24(18)35/h5-8,11-14,25,27,31-34H,4,9-10H2,1-3H3,(H,28,29,30). The van der Waals surface area contributed by atoms with Gasteiger partial charge in [0.25, 0.3) is 0 Å². The molecule has 10 nitrogen and oxygen atoms in total. The van der Waals surface area contributed by atoms with Gasteiger partial charge in [0.1, 0.15) is 24.1 Å². The molecule has 0 amide bonds. The lowest BCUT2D eigenvalue weighted by atomic mass is 10.0. The third-order valence-electron chi connectivity index (χ3n) is 6.23. The molecule has 1 aliphatic rings. The average molecular weight is 508 g/mol. The number of aryl methyl sites for hydroxylation is 1. The van der Waals surface area contributed by atoms with Crippen LogP contribution in [0.5, 0.6) is 5.75 Å². The molecular weight excluding hydrogens is 478 g/mol. The molecule has 36 heavy (non-hydrogen) atoms. The van der Waals surface area contributed by atoms with Crippen molar-refractivity contribution in [3.8, 4) is 17.0 Å². The molecule has 4 aromatic rings. The number of hydrazine groups is 3. The highest BCUT2D eigenvalue weighted by molar-refractivity contribution is 6.35. The molecular formula is C25H30ClN9O. The van der Waals surface area contributed by atoms with Crippen LogP contribution in [0.4, 0.5) is 11.5 Å². The van der Waals surface area contributed by atoms with Crippen molar-refractivity contribution in [2.45, 2.75) is 26.6 Å². The lowest BCUT2D eigenvalue weighted by molar-refractivity contribution is 0.420. The molecule has 1 saturated heterocycles. The minimum atomic E-state index is -0.0579. The number of fused-ring (bicyclic) bond motifs is 1. The highest BCUT2D eigenvalue weighted by atomic mass is 35.5. The second-order valence-corrected chi connectivity index (χ2v) is 8.88. The fourth-order valence-electron chi connectivity index (χ4n) is 4.53. The van der Waals surface area contributed by atoms with E-state index in [9.17, 15) is 0 Å². The van der Waals surface area contributed by atoms with Gasteiger partial charge in [0.2, 0.25) is 0 Å². The molecule has 2 aromatic heterocycles. The largest absolute Gasteiger partial charge is 0.496 e. The number of hydrogen-bond donors (Lipinski definition) is 6. The Morgan fingerprint density at radius 2 is 1.89 bits per heavy atom. The molecule has 0 bridgehead atoms. The van der Waals surface area contributed by atoms with Crippen molar-refractivity contribution in [2.75, 3.05) is 30.8 Å². The van der Waals surface area contributed by atoms with Gasteiger partial charge in [0.05, 0.1) is 23.3 Å². The van der Waals surface area contributed by atoms with Crippen LogP contribution in [0.1, 0.15) is 24.3 Å². The minimum absolute atomic E-state index is 0.0579. The zero-order chi connectivity index (χ0) is 25.1. The number of aromatic nitrogens is 3. The summed E-state index contributed by atoms with van der Waals surface area (Å²) >= 11 is 6.54. The Morgan fingerprint density at radius 1 is 1.06 bits per heavy atom. The second kappa shape index (κ2) is 10.7. The number of halogens is 1. The van der Waals surface area contributed by atoms with Gasteiger partial charge in [-0.2, -0.15) is 11.1 Å². The Balaban J connectivity index is 1.33. The van der Waals surface area contributed by atoms with Crippen LogP contribution in [0.25, 0.3) is 22.2 Å². The van der Waals surface area contributed by atoms with Crippen molar-refractivity contribution < 1.29 is 4.74 Å². The first kappa shape index (κ1) is 24.3. The molecule has 1 aliphatic heterocycles. The van der Waals surface area contributed by atoms with E-state index >= 15 is 0 Å². The molecule has 0 unspecified atom stereocenters. The summed E-state index contributed by atoms with van der Waals surface area (Å²) in [6.07, 6.45) is 1.53. The minimum Gasteiger partial charge on any atom is -0.496 e. The summed E-state index contributed by atoms with van der Waals surface area (Å²) < 4.78 is 7.72. The van der Waals surface area contributed by atoms with Crippen molar-refractivity contribution in [1.82, 2.24) is 36.5 Å². The van der Waals surface area contributed by atoms with Gasteiger partial charge in [-0.05, 0) is 38.1 Å². The van der Waals surface area contributed by atoms with Gasteiger partial charge in [-0.3, -0.25) is 0 Å². The van der Waals surface area contributed by atoms with Gasteiger partial charge in [-0.15, -0.1) is 0 Å². The van der Waals surface area contributed by atoms with Crippen molar-refractivity contribution >= 4 is 34.0 Å². The van der Waals surface area contributed by atoms with Gasteiger partial charge in [0, 0.05) is 53.6 Å². The Kier molecular flexibility index (Phi) is 7.21. The number of anilines is 2. The average Bonchev–Trinajstić information content (AvgIpc) is 3.54. The number of nitrogens with one attached hydrogen (secondary N) is 6. The molecule has 0 spiro atoms. The quantitative estimate of drug-likeness (QED) is 0.202. The molecule has 3 heterocycles. The molecule has 11 heteroatoms. The Bertz CT molecular complexity index is 1370. The Morgan fingerprint density at radius 3 is 2.67 bits per heavy atom. The van der Waals surface area contributed by atoms with Crippen LogP contribution in [0.2, 0.25) is 5.02 Å². The van der Waals surface area contributed by atoms with Crippen molar-refractivity contribution in [3.05, 3.63) is 65.1 Å². The van der Waals surface area contributed by atoms with E-state index in [0.717, 1.165) is 63.8 Å². The van der Waals surface area contributed by atoms with Crippen LogP contribution < -0.4 is 37.3 Å². The fraction of sp³-hybridized carbons (Fsp3) is 0.280.